The monoisotopic (exact) mass is 613 g/mol. The fourth-order valence-electron chi connectivity index (χ4n) is 4.29. The second kappa shape index (κ2) is 17.2. The van der Waals surface area contributed by atoms with Gasteiger partial charge in [0.1, 0.15) is 11.4 Å². The maximum Gasteiger partial charge on any atom is 0.410 e. The van der Waals surface area contributed by atoms with Crippen LogP contribution in [0.1, 0.15) is 59.3 Å². The minimum absolute atomic E-state index is 0.0769. The topological polar surface area (TPSA) is 129 Å². The van der Waals surface area contributed by atoms with Crippen LogP contribution >= 0.6 is 11.6 Å². The lowest BCUT2D eigenvalue weighted by atomic mass is 9.97. The molecule has 232 valence electrons. The zero-order chi connectivity index (χ0) is 31.1. The van der Waals surface area contributed by atoms with Gasteiger partial charge in [-0.25, -0.2) is 4.79 Å². The van der Waals surface area contributed by atoms with Crippen LogP contribution in [0.3, 0.4) is 0 Å². The van der Waals surface area contributed by atoms with Crippen LogP contribution in [0.4, 0.5) is 10.5 Å². The number of guanidine groups is 1. The predicted octanol–water partition coefficient (Wildman–Crippen LogP) is 5.25. The molecule has 0 unspecified atom stereocenters. The Labute approximate surface area is 258 Å². The van der Waals surface area contributed by atoms with E-state index in [2.05, 4.69) is 15.6 Å². The number of halogens is 1. The highest BCUT2D eigenvalue weighted by Crippen LogP contribution is 2.21. The van der Waals surface area contributed by atoms with Crippen LogP contribution in [-0.4, -0.2) is 54.8 Å². The van der Waals surface area contributed by atoms with Crippen LogP contribution in [0.5, 0.6) is 5.75 Å². The molecule has 1 aliphatic heterocycles. The molecule has 0 spiro atoms. The summed E-state index contributed by atoms with van der Waals surface area (Å²) >= 11 is 5.88. The van der Waals surface area contributed by atoms with Gasteiger partial charge >= 0.3 is 12.1 Å². The van der Waals surface area contributed by atoms with E-state index in [1.54, 1.807) is 21.9 Å². The normalized spacial score (nSPS) is 14.0. The van der Waals surface area contributed by atoms with E-state index in [-0.39, 0.29) is 24.7 Å². The summed E-state index contributed by atoms with van der Waals surface area (Å²) in [6, 6.07) is 11.0. The number of aromatic nitrogens is 1. The van der Waals surface area contributed by atoms with E-state index < -0.39 is 5.60 Å². The number of ether oxygens (including phenoxy) is 3. The highest BCUT2D eigenvalue weighted by Gasteiger charge is 2.31. The number of aliphatic imine (C=N–C) groups is 1. The average molecular weight is 614 g/mol. The third-order valence-corrected chi connectivity index (χ3v) is 6.82. The number of nitriles is 1. The lowest BCUT2D eigenvalue weighted by Crippen LogP contribution is -2.44. The lowest BCUT2D eigenvalue weighted by molar-refractivity contribution is -0.727. The molecule has 3 rings (SSSR count). The van der Waals surface area contributed by atoms with Gasteiger partial charge in [-0.05, 0) is 77.1 Å². The first kappa shape index (κ1) is 33.5. The number of nitrogens with zero attached hydrogens (tertiary/aromatic N) is 4. The van der Waals surface area contributed by atoms with Gasteiger partial charge in [0.15, 0.2) is 18.6 Å². The number of pyridine rings is 1. The van der Waals surface area contributed by atoms with Gasteiger partial charge in [0.05, 0.1) is 18.2 Å². The molecule has 0 saturated carbocycles. The molecule has 1 saturated heterocycles. The maximum atomic E-state index is 12.6. The smallest absolute Gasteiger partial charge is 0.410 e. The van der Waals surface area contributed by atoms with E-state index in [9.17, 15) is 9.59 Å². The lowest BCUT2D eigenvalue weighted by Gasteiger charge is -2.32. The molecule has 0 radical (unpaired) electrons. The van der Waals surface area contributed by atoms with Crippen LogP contribution in [0.2, 0.25) is 5.02 Å². The summed E-state index contributed by atoms with van der Waals surface area (Å²) in [5, 5.41) is 15.5. The highest BCUT2D eigenvalue weighted by atomic mass is 35.5. The van der Waals surface area contributed by atoms with Crippen LogP contribution in [0.25, 0.3) is 0 Å². The molecule has 0 aliphatic carbocycles. The van der Waals surface area contributed by atoms with Gasteiger partial charge in [-0.15, -0.1) is 0 Å². The number of likely N-dealkylation sites (tertiary alicyclic amines) is 1. The van der Waals surface area contributed by atoms with Crippen molar-refractivity contribution >= 4 is 35.3 Å². The molecule has 0 bridgehead atoms. The van der Waals surface area contributed by atoms with E-state index >= 15 is 0 Å². The molecule has 11 nitrogen and oxygen atoms in total. The summed E-state index contributed by atoms with van der Waals surface area (Å²) in [5.74, 6) is 0.656. The average Bonchev–Trinajstić information content (AvgIpc) is 2.98. The second-order valence-corrected chi connectivity index (χ2v) is 11.7. The number of benzene rings is 1. The van der Waals surface area contributed by atoms with Gasteiger partial charge in [0.25, 0.3) is 6.73 Å². The van der Waals surface area contributed by atoms with E-state index in [1.165, 1.54) is 0 Å². The Morgan fingerprint density at radius 1 is 1.07 bits per heavy atom. The first-order valence-electron chi connectivity index (χ1n) is 14.6. The van der Waals surface area contributed by atoms with E-state index in [1.807, 2.05) is 63.4 Å². The molecule has 2 aromatic rings. The van der Waals surface area contributed by atoms with Crippen molar-refractivity contribution in [3.8, 4) is 11.9 Å². The number of rotatable bonds is 12. The summed E-state index contributed by atoms with van der Waals surface area (Å²) in [6.45, 7) is 7.72. The number of nitrogens with one attached hydrogen (secondary N) is 2. The molecule has 1 aliphatic rings. The van der Waals surface area contributed by atoms with Crippen LogP contribution in [0, 0.1) is 17.4 Å². The van der Waals surface area contributed by atoms with Crippen molar-refractivity contribution in [1.82, 2.24) is 10.2 Å². The standard InChI is InChI=1S/C31H41ClN6O5/c1-31(2,3)43-30(40)38-19-12-24(13-20-38)28(39)42-23-37-17-14-26(15-18-37)36-29(35-22-33)34-16-6-4-5-7-21-41-27-10-8-25(32)9-11-27/h8-11,14-15,17-18,24H,4-7,12-13,16,19-21,23H2,1-3H3,(H,34,35)/p+1. The molecule has 12 heteroatoms. The highest BCUT2D eigenvalue weighted by molar-refractivity contribution is 6.30. The Hall–Kier alpha value is -4.04. The van der Waals surface area contributed by atoms with Crippen molar-refractivity contribution < 1.29 is 28.4 Å². The molecule has 1 aromatic heterocycles. The van der Waals surface area contributed by atoms with Crippen LogP contribution < -0.4 is 19.9 Å². The van der Waals surface area contributed by atoms with Gasteiger partial charge in [-0.1, -0.05) is 18.0 Å². The van der Waals surface area contributed by atoms with Crippen molar-refractivity contribution in [2.45, 2.75) is 71.6 Å². The molecule has 0 atom stereocenters. The Bertz CT molecular complexity index is 1230. The molecule has 1 aromatic carbocycles. The number of hydrogen-bond acceptors (Lipinski definition) is 7. The van der Waals surface area contributed by atoms with Gasteiger partial charge in [-0.3, -0.25) is 15.1 Å². The number of anilines is 1. The maximum absolute atomic E-state index is 12.6. The molecule has 2 heterocycles. The van der Waals surface area contributed by atoms with Gasteiger partial charge in [0.2, 0.25) is 5.96 Å². The van der Waals surface area contributed by atoms with E-state index in [0.717, 1.165) is 37.1 Å². The van der Waals surface area contributed by atoms with Crippen molar-refractivity contribution in [3.05, 3.63) is 53.8 Å². The fraction of sp³-hybridized carbons (Fsp3) is 0.516. The number of unbranched alkanes of at least 4 members (excludes halogenated alkanes) is 3. The largest absolute Gasteiger partial charge is 0.494 e. The number of piperidine rings is 1. The van der Waals surface area contributed by atoms with Gasteiger partial charge < -0.3 is 24.4 Å². The number of hydrogen-bond donors (Lipinski definition) is 2. The minimum atomic E-state index is -0.550. The Kier molecular flexibility index (Phi) is 13.4. The predicted molar refractivity (Wildman–Crippen MR) is 163 cm³/mol. The Morgan fingerprint density at radius 2 is 1.74 bits per heavy atom. The Morgan fingerprint density at radius 3 is 2.40 bits per heavy atom. The van der Waals surface area contributed by atoms with Crippen molar-refractivity contribution in [3.63, 3.8) is 0 Å². The number of carbonyl (C=O) groups excluding carboxylic acids is 2. The molecular weight excluding hydrogens is 572 g/mol. The third kappa shape index (κ3) is 12.8. The summed E-state index contributed by atoms with van der Waals surface area (Å²) in [5.41, 5.74) is 0.185. The van der Waals surface area contributed by atoms with E-state index in [4.69, 9.17) is 31.1 Å². The summed E-state index contributed by atoms with van der Waals surface area (Å²) in [4.78, 5) is 30.9. The van der Waals surface area contributed by atoms with Crippen molar-refractivity contribution in [1.29, 1.82) is 5.26 Å². The Balaban J connectivity index is 1.33. The quantitative estimate of drug-likeness (QED) is 0.0631. The molecular formula is C31H42ClN6O5+. The number of esters is 1. The van der Waals surface area contributed by atoms with Crippen molar-refractivity contribution in [2.75, 3.05) is 31.6 Å². The summed E-state index contributed by atoms with van der Waals surface area (Å²) < 4.78 is 18.4. The second-order valence-electron chi connectivity index (χ2n) is 11.2. The first-order valence-corrected chi connectivity index (χ1v) is 15.0. The number of carbonyl (C=O) groups is 2. The van der Waals surface area contributed by atoms with Gasteiger partial charge in [-0.2, -0.15) is 9.83 Å². The van der Waals surface area contributed by atoms with E-state index in [0.29, 0.717) is 50.1 Å². The molecule has 43 heavy (non-hydrogen) atoms. The van der Waals surface area contributed by atoms with Crippen LogP contribution in [0.15, 0.2) is 53.8 Å². The SMILES string of the molecule is CC(C)(C)OC(=O)N1CCC(C(=O)OC[n+]2ccc(NC(=NCCCCCCOc3ccc(Cl)cc3)NC#N)cc2)CC1. The molecule has 1 fully saturated rings. The van der Waals surface area contributed by atoms with Crippen LogP contribution in [-0.2, 0) is 21.0 Å². The molecule has 2 N–H and O–H groups in total. The summed E-state index contributed by atoms with van der Waals surface area (Å²) in [6.07, 6.45) is 10.0. The minimum Gasteiger partial charge on any atom is -0.494 e. The first-order chi connectivity index (χ1) is 20.6. The zero-order valence-corrected chi connectivity index (χ0v) is 25.9. The van der Waals surface area contributed by atoms with Crippen molar-refractivity contribution in [2.24, 2.45) is 10.9 Å². The molecule has 1 amide bonds. The summed E-state index contributed by atoms with van der Waals surface area (Å²) in [7, 11) is 0. The third-order valence-electron chi connectivity index (χ3n) is 6.57. The number of amides is 1. The van der Waals surface area contributed by atoms with Gasteiger partial charge in [0, 0.05) is 36.8 Å². The zero-order valence-electron chi connectivity index (χ0n) is 25.2. The fourth-order valence-corrected chi connectivity index (χ4v) is 4.41.